The maximum absolute atomic E-state index is 14.0. The number of benzene rings is 2. The Morgan fingerprint density at radius 1 is 1.28 bits per heavy atom. The highest BCUT2D eigenvalue weighted by molar-refractivity contribution is 6.33. The number of anilines is 1. The summed E-state index contributed by atoms with van der Waals surface area (Å²) in [5, 5.41) is 16.5. The maximum atomic E-state index is 14.0. The Hall–Kier alpha value is -3.56. The molecule has 0 saturated heterocycles. The number of aromatic nitrogens is 2. The number of aryl methyl sites for hydroxylation is 1. The van der Waals surface area contributed by atoms with E-state index in [0.717, 1.165) is 5.56 Å². The Kier molecular flexibility index (Phi) is 7.51. The lowest BCUT2D eigenvalue weighted by molar-refractivity contribution is -0.123. The summed E-state index contributed by atoms with van der Waals surface area (Å²) in [5.74, 6) is -0.792. The van der Waals surface area contributed by atoms with Crippen LogP contribution in [-0.4, -0.2) is 51.5 Å². The summed E-state index contributed by atoms with van der Waals surface area (Å²) in [5.41, 5.74) is 3.54. The van der Waals surface area contributed by atoms with Crippen molar-refractivity contribution in [3.63, 3.8) is 0 Å². The predicted octanol–water partition coefficient (Wildman–Crippen LogP) is 3.87. The number of hydrogen-bond acceptors (Lipinski definition) is 6. The van der Waals surface area contributed by atoms with Gasteiger partial charge in [-0.3, -0.25) is 9.59 Å². The SMILES string of the molecule is CCC(O)C(NC(=O)CN1Cc2ccc(-c3nc(NC)ncc3Cl)cc2C1=O)c1cc(C)cc(F)c1. The molecule has 0 spiro atoms. The number of carbonyl (C=O) groups excluding carboxylic acids is 2. The second-order valence-corrected chi connectivity index (χ2v) is 9.16. The molecule has 2 heterocycles. The summed E-state index contributed by atoms with van der Waals surface area (Å²) in [4.78, 5) is 35.9. The normalized spacial score (nSPS) is 14.4. The van der Waals surface area contributed by atoms with Crippen molar-refractivity contribution >= 4 is 29.4 Å². The van der Waals surface area contributed by atoms with Crippen LogP contribution in [-0.2, 0) is 11.3 Å². The van der Waals surface area contributed by atoms with Crippen LogP contribution in [0.3, 0.4) is 0 Å². The number of nitrogens with zero attached hydrogens (tertiary/aromatic N) is 3. The Labute approximate surface area is 213 Å². The van der Waals surface area contributed by atoms with E-state index >= 15 is 0 Å². The molecule has 0 radical (unpaired) electrons. The minimum Gasteiger partial charge on any atom is -0.391 e. The molecule has 1 aliphatic heterocycles. The van der Waals surface area contributed by atoms with Crippen molar-refractivity contribution in [2.24, 2.45) is 0 Å². The van der Waals surface area contributed by atoms with E-state index in [0.29, 0.717) is 45.3 Å². The van der Waals surface area contributed by atoms with Crippen LogP contribution in [0.25, 0.3) is 11.3 Å². The van der Waals surface area contributed by atoms with Crippen LogP contribution in [0.5, 0.6) is 0 Å². The fourth-order valence-electron chi connectivity index (χ4n) is 4.30. The van der Waals surface area contributed by atoms with Gasteiger partial charge in [0.1, 0.15) is 12.4 Å². The average molecular weight is 512 g/mol. The molecule has 10 heteroatoms. The molecule has 3 N–H and O–H groups in total. The molecule has 0 fully saturated rings. The molecule has 0 bridgehead atoms. The van der Waals surface area contributed by atoms with Crippen LogP contribution in [0.1, 0.15) is 46.4 Å². The number of nitrogens with one attached hydrogen (secondary N) is 2. The molecule has 36 heavy (non-hydrogen) atoms. The monoisotopic (exact) mass is 511 g/mol. The van der Waals surface area contributed by atoms with Crippen LogP contribution in [0.4, 0.5) is 10.3 Å². The van der Waals surface area contributed by atoms with Gasteiger partial charge in [-0.2, -0.15) is 0 Å². The maximum Gasteiger partial charge on any atom is 0.254 e. The van der Waals surface area contributed by atoms with Crippen LogP contribution < -0.4 is 10.6 Å². The number of aliphatic hydroxyl groups is 1. The smallest absolute Gasteiger partial charge is 0.254 e. The molecular formula is C26H27ClFN5O3. The van der Waals surface area contributed by atoms with Gasteiger partial charge in [0.05, 0.1) is 29.1 Å². The topological polar surface area (TPSA) is 107 Å². The highest BCUT2D eigenvalue weighted by atomic mass is 35.5. The van der Waals surface area contributed by atoms with Crippen molar-refractivity contribution in [3.8, 4) is 11.3 Å². The fraction of sp³-hybridized carbons (Fsp3) is 0.308. The van der Waals surface area contributed by atoms with Crippen LogP contribution in [0, 0.1) is 12.7 Å². The first-order valence-electron chi connectivity index (χ1n) is 11.6. The summed E-state index contributed by atoms with van der Waals surface area (Å²) in [6.07, 6.45) is 0.935. The van der Waals surface area contributed by atoms with Gasteiger partial charge in [0.25, 0.3) is 5.91 Å². The number of aliphatic hydroxyl groups excluding tert-OH is 1. The van der Waals surface area contributed by atoms with E-state index in [1.54, 1.807) is 33.0 Å². The van der Waals surface area contributed by atoms with Gasteiger partial charge in [-0.15, -0.1) is 0 Å². The van der Waals surface area contributed by atoms with Crippen molar-refractivity contribution in [2.75, 3.05) is 18.9 Å². The molecular weight excluding hydrogens is 485 g/mol. The fourth-order valence-corrected chi connectivity index (χ4v) is 4.50. The molecule has 4 rings (SSSR count). The predicted molar refractivity (Wildman–Crippen MR) is 135 cm³/mol. The van der Waals surface area contributed by atoms with Crippen LogP contribution >= 0.6 is 11.6 Å². The van der Waals surface area contributed by atoms with E-state index < -0.39 is 23.9 Å². The van der Waals surface area contributed by atoms with E-state index in [1.165, 1.54) is 23.2 Å². The summed E-state index contributed by atoms with van der Waals surface area (Å²) in [6, 6.07) is 8.95. The van der Waals surface area contributed by atoms with Gasteiger partial charge >= 0.3 is 0 Å². The highest BCUT2D eigenvalue weighted by Crippen LogP contribution is 2.31. The lowest BCUT2D eigenvalue weighted by atomic mass is 9.97. The Morgan fingerprint density at radius 2 is 2.06 bits per heavy atom. The zero-order chi connectivity index (χ0) is 26.0. The van der Waals surface area contributed by atoms with E-state index in [2.05, 4.69) is 20.6 Å². The van der Waals surface area contributed by atoms with E-state index in [4.69, 9.17) is 11.6 Å². The van der Waals surface area contributed by atoms with Gasteiger partial charge in [0, 0.05) is 24.7 Å². The third kappa shape index (κ3) is 5.32. The minimum absolute atomic E-state index is 0.206. The molecule has 0 saturated carbocycles. The number of fused-ring (bicyclic) bond motifs is 1. The first-order valence-corrected chi connectivity index (χ1v) is 11.9. The molecule has 188 valence electrons. The van der Waals surface area contributed by atoms with Crippen molar-refractivity contribution < 1.29 is 19.1 Å². The zero-order valence-corrected chi connectivity index (χ0v) is 20.9. The standard InChI is InChI=1S/C26H27ClFN5O3/c1-4-21(34)24(17-7-14(2)8-18(28)9-17)31-22(35)13-33-12-16-6-5-15(10-19(16)25(33)36)23-20(27)11-30-26(29-3)32-23/h5-11,21,24,34H,4,12-13H2,1-3H3,(H,31,35)(H,29,30,32). The van der Waals surface area contributed by atoms with Gasteiger partial charge in [-0.05, 0) is 48.2 Å². The number of rotatable bonds is 8. The molecule has 2 aromatic carbocycles. The van der Waals surface area contributed by atoms with E-state index in [1.807, 2.05) is 12.1 Å². The summed E-state index contributed by atoms with van der Waals surface area (Å²) >= 11 is 6.28. The number of amides is 2. The number of hydrogen-bond donors (Lipinski definition) is 3. The minimum atomic E-state index is -0.913. The molecule has 2 atom stereocenters. The molecule has 8 nitrogen and oxygen atoms in total. The van der Waals surface area contributed by atoms with Gasteiger partial charge in [-0.1, -0.05) is 36.7 Å². The third-order valence-electron chi connectivity index (χ3n) is 6.11. The quantitative estimate of drug-likeness (QED) is 0.424. The van der Waals surface area contributed by atoms with Crippen LogP contribution in [0.15, 0.2) is 42.6 Å². The number of halogens is 2. The first kappa shape index (κ1) is 25.5. The van der Waals surface area contributed by atoms with E-state index in [-0.39, 0.29) is 19.0 Å². The summed E-state index contributed by atoms with van der Waals surface area (Å²) < 4.78 is 14.0. The highest BCUT2D eigenvalue weighted by Gasteiger charge is 2.31. The van der Waals surface area contributed by atoms with Crippen molar-refractivity contribution in [1.29, 1.82) is 0 Å². The third-order valence-corrected chi connectivity index (χ3v) is 6.38. The largest absolute Gasteiger partial charge is 0.391 e. The van der Waals surface area contributed by atoms with Crippen molar-refractivity contribution in [2.45, 2.75) is 39.0 Å². The Balaban J connectivity index is 1.51. The first-order chi connectivity index (χ1) is 17.2. The second-order valence-electron chi connectivity index (χ2n) is 8.76. The molecule has 2 unspecified atom stereocenters. The Morgan fingerprint density at radius 3 is 2.75 bits per heavy atom. The van der Waals surface area contributed by atoms with Crippen LogP contribution in [0.2, 0.25) is 5.02 Å². The van der Waals surface area contributed by atoms with Crippen molar-refractivity contribution in [3.05, 3.63) is 75.7 Å². The number of carbonyl (C=O) groups is 2. The molecule has 1 aromatic heterocycles. The molecule has 1 aliphatic rings. The van der Waals surface area contributed by atoms with Gasteiger partial charge in [0.15, 0.2) is 0 Å². The Bertz CT molecular complexity index is 1300. The van der Waals surface area contributed by atoms with Gasteiger partial charge in [0.2, 0.25) is 11.9 Å². The lowest BCUT2D eigenvalue weighted by Gasteiger charge is -2.25. The summed E-state index contributed by atoms with van der Waals surface area (Å²) in [7, 11) is 1.70. The zero-order valence-electron chi connectivity index (χ0n) is 20.2. The molecule has 3 aromatic rings. The van der Waals surface area contributed by atoms with Gasteiger partial charge < -0.3 is 20.6 Å². The van der Waals surface area contributed by atoms with Gasteiger partial charge in [-0.25, -0.2) is 14.4 Å². The molecule has 0 aliphatic carbocycles. The van der Waals surface area contributed by atoms with Crippen molar-refractivity contribution in [1.82, 2.24) is 20.2 Å². The molecule has 2 amide bonds. The summed E-state index contributed by atoms with van der Waals surface area (Å²) in [6.45, 7) is 3.58. The van der Waals surface area contributed by atoms with E-state index in [9.17, 15) is 19.1 Å². The lowest BCUT2D eigenvalue weighted by Crippen LogP contribution is -2.42. The average Bonchev–Trinajstić information content (AvgIpc) is 3.16. The second kappa shape index (κ2) is 10.6.